The molecule has 0 aliphatic rings. The number of nitrogens with one attached hydrogen (secondary N) is 1. The molecule has 1 aromatic carbocycles. The number of carbonyl (C=O) groups is 1. The number of fused-ring (bicyclic) bond motifs is 1. The lowest BCUT2D eigenvalue weighted by molar-refractivity contribution is -0.139. The minimum absolute atomic E-state index is 0.249. The molecule has 3 aromatic rings. The Morgan fingerprint density at radius 1 is 1.50 bits per heavy atom. The van der Waals surface area contributed by atoms with Gasteiger partial charge in [0.15, 0.2) is 0 Å². The molecule has 0 spiro atoms. The first-order valence-electron chi connectivity index (χ1n) is 7.55. The van der Waals surface area contributed by atoms with Gasteiger partial charge in [0.2, 0.25) is 0 Å². The van der Waals surface area contributed by atoms with Gasteiger partial charge in [-0.1, -0.05) is 0 Å². The Labute approximate surface area is 137 Å². The van der Waals surface area contributed by atoms with Crippen LogP contribution in [0.15, 0.2) is 35.0 Å². The predicted octanol–water partition coefficient (Wildman–Crippen LogP) is 2.40. The molecule has 0 amide bonds. The number of benzene rings is 1. The molecule has 24 heavy (non-hydrogen) atoms. The van der Waals surface area contributed by atoms with E-state index in [1.54, 1.807) is 30.2 Å². The minimum Gasteiger partial charge on any atom is -0.480 e. The van der Waals surface area contributed by atoms with Crippen LogP contribution < -0.4 is 5.32 Å². The second kappa shape index (κ2) is 6.45. The summed E-state index contributed by atoms with van der Waals surface area (Å²) in [6.45, 7) is 2.08. The maximum absolute atomic E-state index is 13.3. The van der Waals surface area contributed by atoms with Crippen molar-refractivity contribution in [3.8, 4) is 0 Å². The maximum atomic E-state index is 13.3. The van der Waals surface area contributed by atoms with E-state index in [4.69, 9.17) is 4.42 Å². The predicted molar refractivity (Wildman–Crippen MR) is 86.1 cm³/mol. The number of halogens is 1. The van der Waals surface area contributed by atoms with Crippen LogP contribution in [0.4, 0.5) is 4.39 Å². The molecule has 3 rings (SSSR count). The number of aryl methyl sites for hydroxylation is 2. The second-order valence-electron chi connectivity index (χ2n) is 5.79. The minimum atomic E-state index is -0.946. The average molecular weight is 331 g/mol. The van der Waals surface area contributed by atoms with Gasteiger partial charge in [-0.3, -0.25) is 14.8 Å². The second-order valence-corrected chi connectivity index (χ2v) is 5.79. The molecule has 0 fully saturated rings. The van der Waals surface area contributed by atoms with Crippen LogP contribution >= 0.6 is 0 Å². The van der Waals surface area contributed by atoms with Crippen molar-refractivity contribution in [2.24, 2.45) is 7.05 Å². The van der Waals surface area contributed by atoms with Gasteiger partial charge in [0.1, 0.15) is 23.2 Å². The molecule has 1 unspecified atom stereocenters. The van der Waals surface area contributed by atoms with Crippen molar-refractivity contribution in [1.82, 2.24) is 15.1 Å². The Balaban J connectivity index is 1.75. The van der Waals surface area contributed by atoms with Gasteiger partial charge in [0, 0.05) is 25.1 Å². The first-order chi connectivity index (χ1) is 11.4. The van der Waals surface area contributed by atoms with Gasteiger partial charge in [-0.25, -0.2) is 4.39 Å². The van der Waals surface area contributed by atoms with Crippen LogP contribution in [0, 0.1) is 12.7 Å². The topological polar surface area (TPSA) is 80.3 Å². The third kappa shape index (κ3) is 3.30. The summed E-state index contributed by atoms with van der Waals surface area (Å²) in [4.78, 5) is 11.5. The van der Waals surface area contributed by atoms with Crippen LogP contribution in [0.1, 0.15) is 16.9 Å². The van der Waals surface area contributed by atoms with Gasteiger partial charge >= 0.3 is 5.97 Å². The van der Waals surface area contributed by atoms with Gasteiger partial charge in [-0.2, -0.15) is 5.10 Å². The number of hydrogen-bond donors (Lipinski definition) is 2. The number of aromatic nitrogens is 2. The highest BCUT2D eigenvalue weighted by Gasteiger charge is 2.20. The average Bonchev–Trinajstić information content (AvgIpc) is 3.07. The van der Waals surface area contributed by atoms with Gasteiger partial charge < -0.3 is 9.52 Å². The van der Waals surface area contributed by atoms with Crippen LogP contribution in [0.3, 0.4) is 0 Å². The van der Waals surface area contributed by atoms with E-state index in [0.29, 0.717) is 23.2 Å². The van der Waals surface area contributed by atoms with Crippen LogP contribution in [-0.2, 0) is 24.8 Å². The zero-order chi connectivity index (χ0) is 17.3. The zero-order valence-corrected chi connectivity index (χ0v) is 13.4. The van der Waals surface area contributed by atoms with E-state index in [0.717, 1.165) is 11.1 Å². The summed E-state index contributed by atoms with van der Waals surface area (Å²) in [6, 6.07) is 3.57. The molecule has 6 nitrogen and oxygen atoms in total. The largest absolute Gasteiger partial charge is 0.480 e. The number of aliphatic carboxylic acids is 1. The Bertz CT molecular complexity index is 884. The fourth-order valence-electron chi connectivity index (χ4n) is 2.69. The monoisotopic (exact) mass is 331 g/mol. The van der Waals surface area contributed by atoms with Crippen molar-refractivity contribution < 1.29 is 18.7 Å². The Kier molecular flexibility index (Phi) is 4.35. The molecule has 7 heteroatoms. The lowest BCUT2D eigenvalue weighted by Crippen LogP contribution is -2.38. The molecule has 0 saturated carbocycles. The number of carboxylic acid groups (broad SMARTS) is 1. The quantitative estimate of drug-likeness (QED) is 0.725. The first-order valence-corrected chi connectivity index (χ1v) is 7.55. The lowest BCUT2D eigenvalue weighted by Gasteiger charge is -2.12. The van der Waals surface area contributed by atoms with E-state index >= 15 is 0 Å². The van der Waals surface area contributed by atoms with Crippen LogP contribution in [-0.4, -0.2) is 26.9 Å². The van der Waals surface area contributed by atoms with E-state index < -0.39 is 12.0 Å². The molecule has 2 heterocycles. The summed E-state index contributed by atoms with van der Waals surface area (Å²) < 4.78 is 20.7. The summed E-state index contributed by atoms with van der Waals surface area (Å²) in [5.41, 5.74) is 2.23. The van der Waals surface area contributed by atoms with Crippen LogP contribution in [0.25, 0.3) is 11.0 Å². The summed E-state index contributed by atoms with van der Waals surface area (Å²) in [6.07, 6.45) is 3.75. The van der Waals surface area contributed by atoms with Gasteiger partial charge in [-0.05, 0) is 36.2 Å². The van der Waals surface area contributed by atoms with Gasteiger partial charge in [-0.15, -0.1) is 0 Å². The number of hydrogen-bond acceptors (Lipinski definition) is 4. The molecular formula is C17H18FN3O3. The van der Waals surface area contributed by atoms with Crippen molar-refractivity contribution in [2.75, 3.05) is 0 Å². The molecule has 0 saturated heterocycles. The Morgan fingerprint density at radius 2 is 2.29 bits per heavy atom. The smallest absolute Gasteiger partial charge is 0.321 e. The number of rotatable bonds is 6. The van der Waals surface area contributed by atoms with Crippen LogP contribution in [0.2, 0.25) is 0 Å². The summed E-state index contributed by atoms with van der Waals surface area (Å²) in [5, 5.41) is 17.1. The fraction of sp³-hybridized carbons (Fsp3) is 0.294. The molecule has 2 N–H and O–H groups in total. The maximum Gasteiger partial charge on any atom is 0.321 e. The fourth-order valence-corrected chi connectivity index (χ4v) is 2.69. The zero-order valence-electron chi connectivity index (χ0n) is 13.4. The normalized spacial score (nSPS) is 12.6. The van der Waals surface area contributed by atoms with Crippen molar-refractivity contribution in [3.05, 3.63) is 53.3 Å². The molecule has 0 bridgehead atoms. The molecule has 0 radical (unpaired) electrons. The van der Waals surface area contributed by atoms with Crippen molar-refractivity contribution in [1.29, 1.82) is 0 Å². The summed E-state index contributed by atoms with van der Waals surface area (Å²) in [7, 11) is 1.78. The third-order valence-electron chi connectivity index (χ3n) is 4.00. The molecule has 0 aliphatic carbocycles. The number of nitrogens with zero attached hydrogens (tertiary/aromatic N) is 2. The molecule has 0 aliphatic heterocycles. The van der Waals surface area contributed by atoms with Crippen LogP contribution in [0.5, 0.6) is 0 Å². The van der Waals surface area contributed by atoms with E-state index in [1.807, 2.05) is 6.92 Å². The summed E-state index contributed by atoms with van der Waals surface area (Å²) >= 11 is 0. The highest BCUT2D eigenvalue weighted by atomic mass is 19.1. The first kappa shape index (κ1) is 16.2. The summed E-state index contributed by atoms with van der Waals surface area (Å²) in [5.74, 6) is -0.669. The SMILES string of the molecule is Cc1c(CNC(Cc2cnn(C)c2)C(=O)O)oc2ccc(F)cc12. The Hall–Kier alpha value is -2.67. The number of carboxylic acids is 1. The van der Waals surface area contributed by atoms with E-state index in [1.165, 1.54) is 12.1 Å². The van der Waals surface area contributed by atoms with E-state index in [2.05, 4.69) is 10.4 Å². The molecule has 2 aromatic heterocycles. The standard InChI is InChI=1S/C17H18FN3O3/c1-10-13-6-12(18)3-4-15(13)24-16(10)8-19-14(17(22)23)5-11-7-20-21(2)9-11/h3-4,6-7,9,14,19H,5,8H2,1-2H3,(H,22,23). The third-order valence-corrected chi connectivity index (χ3v) is 4.00. The van der Waals surface area contributed by atoms with Crippen molar-refractivity contribution in [2.45, 2.75) is 25.9 Å². The number of furan rings is 1. The van der Waals surface area contributed by atoms with Gasteiger partial charge in [0.25, 0.3) is 0 Å². The molecular weight excluding hydrogens is 313 g/mol. The van der Waals surface area contributed by atoms with E-state index in [-0.39, 0.29) is 12.4 Å². The molecule has 126 valence electrons. The van der Waals surface area contributed by atoms with Gasteiger partial charge in [0.05, 0.1) is 12.7 Å². The van der Waals surface area contributed by atoms with Crippen molar-refractivity contribution >= 4 is 16.9 Å². The lowest BCUT2D eigenvalue weighted by atomic mass is 10.1. The Morgan fingerprint density at radius 3 is 2.96 bits per heavy atom. The van der Waals surface area contributed by atoms with Crippen molar-refractivity contribution in [3.63, 3.8) is 0 Å². The van der Waals surface area contributed by atoms with E-state index in [9.17, 15) is 14.3 Å². The molecule has 1 atom stereocenters. The highest BCUT2D eigenvalue weighted by Crippen LogP contribution is 2.26. The highest BCUT2D eigenvalue weighted by molar-refractivity contribution is 5.82.